The number of hydrogen-bond acceptors (Lipinski definition) is 4. The maximum atomic E-state index is 5.64. The van der Waals surface area contributed by atoms with Crippen molar-refractivity contribution in [2.45, 2.75) is 0 Å². The summed E-state index contributed by atoms with van der Waals surface area (Å²) in [6.07, 6.45) is 1.67. The fraction of sp³-hybridized carbons (Fsp3) is 0.167. The van der Waals surface area contributed by atoms with Gasteiger partial charge in [0.25, 0.3) is 0 Å². The smallest absolute Gasteiger partial charge is 0.214 e. The number of aromatic nitrogens is 5. The predicted molar refractivity (Wildman–Crippen MR) is 49.8 cm³/mol. The summed E-state index contributed by atoms with van der Waals surface area (Å²) in [5.41, 5.74) is 0.815. The molecule has 0 unspecified atom stereocenters. The van der Waals surface area contributed by atoms with Gasteiger partial charge in [-0.1, -0.05) is 0 Å². The first kappa shape index (κ1) is 7.99. The molecule has 0 aromatic carbocycles. The first-order chi connectivity index (χ1) is 6.20. The van der Waals surface area contributed by atoms with E-state index in [1.807, 2.05) is 13.1 Å². The van der Waals surface area contributed by atoms with Crippen molar-refractivity contribution in [1.82, 2.24) is 24.7 Å². The van der Waals surface area contributed by atoms with Gasteiger partial charge in [0.2, 0.25) is 4.77 Å². The van der Waals surface area contributed by atoms with E-state index in [2.05, 4.69) is 15.3 Å². The Morgan fingerprint density at radius 2 is 2.38 bits per heavy atom. The number of rotatable bonds is 1. The third-order valence-corrected chi connectivity index (χ3v) is 2.04. The molecule has 3 N–H and O–H groups in total. The fourth-order valence-electron chi connectivity index (χ4n) is 1.08. The van der Waals surface area contributed by atoms with Crippen molar-refractivity contribution < 1.29 is 0 Å². The van der Waals surface area contributed by atoms with E-state index in [0.717, 1.165) is 5.69 Å². The van der Waals surface area contributed by atoms with Gasteiger partial charge in [-0.2, -0.15) is 10.2 Å². The van der Waals surface area contributed by atoms with Gasteiger partial charge in [0.05, 0.1) is 0 Å². The van der Waals surface area contributed by atoms with Crippen molar-refractivity contribution in [3.05, 3.63) is 17.0 Å². The number of hydrogen-bond donors (Lipinski definition) is 2. The molecule has 0 bridgehead atoms. The summed E-state index contributed by atoms with van der Waals surface area (Å²) in [6.45, 7) is 0. The second-order valence-electron chi connectivity index (χ2n) is 2.56. The second-order valence-corrected chi connectivity index (χ2v) is 2.95. The van der Waals surface area contributed by atoms with Crippen LogP contribution in [0.2, 0.25) is 0 Å². The van der Waals surface area contributed by atoms with E-state index < -0.39 is 0 Å². The molecular weight excluding hydrogens is 188 g/mol. The maximum absolute atomic E-state index is 5.64. The second kappa shape index (κ2) is 2.70. The van der Waals surface area contributed by atoms with Crippen molar-refractivity contribution in [3.63, 3.8) is 0 Å². The van der Waals surface area contributed by atoms with Crippen LogP contribution in [0.4, 0.5) is 0 Å². The molecule has 0 saturated carbocycles. The van der Waals surface area contributed by atoms with Crippen molar-refractivity contribution in [1.29, 1.82) is 0 Å². The molecule has 0 radical (unpaired) electrons. The van der Waals surface area contributed by atoms with Crippen LogP contribution in [0.3, 0.4) is 0 Å². The molecule has 68 valence electrons. The standard InChI is InChI=1S/C6H8N6S/c1-11-4(2-3-8-11)5-9-10-6(13)12(5)7/h2-3H,7H2,1H3,(H,10,13). The van der Waals surface area contributed by atoms with Crippen LogP contribution in [0.5, 0.6) is 0 Å². The molecule has 0 aliphatic heterocycles. The number of H-pyrrole nitrogens is 1. The molecule has 6 nitrogen and oxygen atoms in total. The molecule has 2 aromatic heterocycles. The van der Waals surface area contributed by atoms with Gasteiger partial charge in [0.1, 0.15) is 5.69 Å². The van der Waals surface area contributed by atoms with Gasteiger partial charge in [-0.3, -0.25) is 4.68 Å². The lowest BCUT2D eigenvalue weighted by Gasteiger charge is -1.99. The SMILES string of the molecule is Cn1nccc1-c1n[nH]c(=S)n1N. The summed E-state index contributed by atoms with van der Waals surface area (Å²) in [7, 11) is 1.81. The summed E-state index contributed by atoms with van der Waals surface area (Å²) in [5, 5.41) is 10.6. The van der Waals surface area contributed by atoms with Crippen LogP contribution < -0.4 is 5.84 Å². The molecule has 2 aromatic rings. The highest BCUT2D eigenvalue weighted by atomic mass is 32.1. The minimum Gasteiger partial charge on any atom is -0.335 e. The number of aromatic amines is 1. The Morgan fingerprint density at radius 1 is 1.62 bits per heavy atom. The molecule has 0 saturated heterocycles. The van der Waals surface area contributed by atoms with Crippen LogP contribution in [-0.4, -0.2) is 24.7 Å². The number of nitrogens with one attached hydrogen (secondary N) is 1. The molecule has 0 fully saturated rings. The number of nitrogen functional groups attached to an aromatic ring is 1. The van der Waals surface area contributed by atoms with Crippen LogP contribution in [0, 0.1) is 4.77 Å². The Bertz CT molecular complexity index is 477. The molecule has 0 spiro atoms. The van der Waals surface area contributed by atoms with Crippen LogP contribution >= 0.6 is 12.2 Å². The van der Waals surface area contributed by atoms with E-state index in [1.54, 1.807) is 10.9 Å². The number of nitrogens with zero attached hydrogens (tertiary/aromatic N) is 4. The fourth-order valence-corrected chi connectivity index (χ4v) is 1.21. The Kier molecular flexibility index (Phi) is 1.66. The first-order valence-electron chi connectivity index (χ1n) is 3.61. The Morgan fingerprint density at radius 3 is 2.85 bits per heavy atom. The topological polar surface area (TPSA) is 77.5 Å². The van der Waals surface area contributed by atoms with Gasteiger partial charge >= 0.3 is 0 Å². The van der Waals surface area contributed by atoms with Gasteiger partial charge in [-0.25, -0.2) is 9.77 Å². The zero-order chi connectivity index (χ0) is 9.42. The minimum atomic E-state index is 0.385. The third-order valence-electron chi connectivity index (χ3n) is 1.75. The minimum absolute atomic E-state index is 0.385. The number of aryl methyl sites for hydroxylation is 1. The average Bonchev–Trinajstić information content (AvgIpc) is 2.62. The molecule has 0 atom stereocenters. The molecule has 0 amide bonds. The van der Waals surface area contributed by atoms with Crippen molar-refractivity contribution in [2.24, 2.45) is 7.05 Å². The highest BCUT2D eigenvalue weighted by molar-refractivity contribution is 7.71. The summed E-state index contributed by atoms with van der Waals surface area (Å²) < 4.78 is 3.37. The normalized spacial score (nSPS) is 10.5. The largest absolute Gasteiger partial charge is 0.335 e. The summed E-state index contributed by atoms with van der Waals surface area (Å²) in [4.78, 5) is 0. The first-order valence-corrected chi connectivity index (χ1v) is 4.02. The summed E-state index contributed by atoms with van der Waals surface area (Å²) >= 11 is 4.88. The highest BCUT2D eigenvalue weighted by Gasteiger charge is 2.09. The summed E-state index contributed by atoms with van der Waals surface area (Å²) in [6, 6.07) is 1.81. The van der Waals surface area contributed by atoms with E-state index in [0.29, 0.717) is 10.6 Å². The van der Waals surface area contributed by atoms with Gasteiger partial charge in [0.15, 0.2) is 5.82 Å². The van der Waals surface area contributed by atoms with Crippen molar-refractivity contribution in [3.8, 4) is 11.5 Å². The molecule has 2 heterocycles. The zero-order valence-electron chi connectivity index (χ0n) is 6.93. The van der Waals surface area contributed by atoms with E-state index >= 15 is 0 Å². The molecule has 2 rings (SSSR count). The van der Waals surface area contributed by atoms with Crippen molar-refractivity contribution >= 4 is 12.2 Å². The quantitative estimate of drug-likeness (QED) is 0.499. The lowest BCUT2D eigenvalue weighted by Crippen LogP contribution is -2.11. The monoisotopic (exact) mass is 196 g/mol. The van der Waals surface area contributed by atoms with Gasteiger partial charge in [-0.05, 0) is 18.3 Å². The van der Waals surface area contributed by atoms with Crippen LogP contribution in [0.15, 0.2) is 12.3 Å². The van der Waals surface area contributed by atoms with Gasteiger partial charge in [-0.15, -0.1) is 0 Å². The van der Waals surface area contributed by atoms with Gasteiger partial charge in [0, 0.05) is 13.2 Å². The van der Waals surface area contributed by atoms with Crippen molar-refractivity contribution in [2.75, 3.05) is 5.84 Å². The number of nitrogens with two attached hydrogens (primary N) is 1. The Labute approximate surface area is 79.0 Å². The van der Waals surface area contributed by atoms with Gasteiger partial charge < -0.3 is 5.84 Å². The Hall–Kier alpha value is -1.63. The maximum Gasteiger partial charge on any atom is 0.214 e. The van der Waals surface area contributed by atoms with E-state index in [9.17, 15) is 0 Å². The Balaban J connectivity index is 2.65. The highest BCUT2D eigenvalue weighted by Crippen LogP contribution is 2.12. The third kappa shape index (κ3) is 1.13. The molecule has 0 aliphatic rings. The lowest BCUT2D eigenvalue weighted by molar-refractivity contribution is 0.765. The van der Waals surface area contributed by atoms with Crippen LogP contribution in [0.1, 0.15) is 0 Å². The lowest BCUT2D eigenvalue weighted by atomic mass is 10.4. The molecule has 13 heavy (non-hydrogen) atoms. The van der Waals surface area contributed by atoms with Crippen LogP contribution in [0.25, 0.3) is 11.5 Å². The molecule has 0 aliphatic carbocycles. The predicted octanol–water partition coefficient (Wildman–Crippen LogP) is 0.0550. The molecule has 7 heteroatoms. The van der Waals surface area contributed by atoms with E-state index in [4.69, 9.17) is 18.1 Å². The van der Waals surface area contributed by atoms with E-state index in [-0.39, 0.29) is 0 Å². The average molecular weight is 196 g/mol. The zero-order valence-corrected chi connectivity index (χ0v) is 7.75. The van der Waals surface area contributed by atoms with Crippen LogP contribution in [-0.2, 0) is 7.05 Å². The summed E-state index contributed by atoms with van der Waals surface area (Å²) in [5.74, 6) is 6.21. The molecular formula is C6H8N6S. The van der Waals surface area contributed by atoms with E-state index in [1.165, 1.54) is 4.68 Å².